The molecule has 4 heteroatoms. The second-order valence-electron chi connectivity index (χ2n) is 6.61. The Hall–Kier alpha value is -2.10. The lowest BCUT2D eigenvalue weighted by Gasteiger charge is -2.37. The number of hydrogen-bond donors (Lipinski definition) is 2. The number of hydrogen-bond acceptors (Lipinski definition) is 3. The fraction of sp³-hybridized carbons (Fsp3) is 0.412. The Morgan fingerprint density at radius 2 is 1.90 bits per heavy atom. The summed E-state index contributed by atoms with van der Waals surface area (Å²) >= 11 is 0. The number of rotatable bonds is 2. The fourth-order valence-corrected chi connectivity index (χ4v) is 2.89. The van der Waals surface area contributed by atoms with Gasteiger partial charge >= 0.3 is 0 Å². The van der Waals surface area contributed by atoms with Crippen molar-refractivity contribution >= 4 is 22.6 Å². The van der Waals surface area contributed by atoms with Crippen molar-refractivity contribution in [2.24, 2.45) is 11.1 Å². The van der Waals surface area contributed by atoms with Gasteiger partial charge in [-0.05, 0) is 30.4 Å². The molecule has 0 atom stereocenters. The van der Waals surface area contributed by atoms with Crippen molar-refractivity contribution < 1.29 is 0 Å². The van der Waals surface area contributed by atoms with Gasteiger partial charge in [0.1, 0.15) is 11.7 Å². The molecule has 0 unspecified atom stereocenters. The lowest BCUT2D eigenvalue weighted by atomic mass is 9.82. The summed E-state index contributed by atoms with van der Waals surface area (Å²) in [7, 11) is 0. The highest BCUT2D eigenvalue weighted by Gasteiger charge is 2.26. The van der Waals surface area contributed by atoms with E-state index in [-0.39, 0.29) is 5.84 Å². The Morgan fingerprint density at radius 3 is 2.57 bits per heavy atom. The molecule has 21 heavy (non-hydrogen) atoms. The van der Waals surface area contributed by atoms with E-state index in [9.17, 15) is 0 Å². The van der Waals surface area contributed by atoms with E-state index >= 15 is 0 Å². The van der Waals surface area contributed by atoms with E-state index in [1.807, 2.05) is 30.3 Å². The summed E-state index contributed by atoms with van der Waals surface area (Å²) < 4.78 is 0. The molecule has 3 N–H and O–H groups in total. The predicted octanol–water partition coefficient (Wildman–Crippen LogP) is 3.15. The number of nitrogens with zero attached hydrogens (tertiary/aromatic N) is 2. The average molecular weight is 282 g/mol. The van der Waals surface area contributed by atoms with Crippen molar-refractivity contribution in [3.8, 4) is 0 Å². The van der Waals surface area contributed by atoms with Gasteiger partial charge in [-0.15, -0.1) is 0 Å². The third-order valence-corrected chi connectivity index (χ3v) is 4.43. The second kappa shape index (κ2) is 5.02. The van der Waals surface area contributed by atoms with E-state index in [0.717, 1.165) is 48.2 Å². The summed E-state index contributed by atoms with van der Waals surface area (Å²) in [6.07, 6.45) is 2.33. The van der Waals surface area contributed by atoms with Gasteiger partial charge < -0.3 is 10.6 Å². The van der Waals surface area contributed by atoms with E-state index < -0.39 is 0 Å². The molecule has 3 rings (SSSR count). The van der Waals surface area contributed by atoms with Crippen molar-refractivity contribution in [2.75, 3.05) is 18.0 Å². The molecule has 0 radical (unpaired) electrons. The minimum atomic E-state index is 0.104. The van der Waals surface area contributed by atoms with Crippen LogP contribution < -0.4 is 10.6 Å². The van der Waals surface area contributed by atoms with Crippen LogP contribution in [0.5, 0.6) is 0 Å². The van der Waals surface area contributed by atoms with E-state index in [4.69, 9.17) is 16.1 Å². The van der Waals surface area contributed by atoms with Gasteiger partial charge in [-0.25, -0.2) is 4.98 Å². The second-order valence-corrected chi connectivity index (χ2v) is 6.61. The maximum Gasteiger partial charge on any atom is 0.129 e. The van der Waals surface area contributed by atoms with E-state index in [1.54, 1.807) is 0 Å². The molecule has 2 heterocycles. The van der Waals surface area contributed by atoms with Gasteiger partial charge in [-0.2, -0.15) is 0 Å². The molecular formula is C17H22N4. The van der Waals surface area contributed by atoms with Gasteiger partial charge in [0, 0.05) is 24.0 Å². The highest BCUT2D eigenvalue weighted by molar-refractivity contribution is 6.07. The number of para-hydroxylation sites is 1. The van der Waals surface area contributed by atoms with Crippen LogP contribution >= 0.6 is 0 Å². The first-order chi connectivity index (χ1) is 9.96. The molecule has 0 aliphatic carbocycles. The largest absolute Gasteiger partial charge is 0.384 e. The van der Waals surface area contributed by atoms with Gasteiger partial charge in [0.05, 0.1) is 5.52 Å². The topological polar surface area (TPSA) is 66.0 Å². The maximum absolute atomic E-state index is 7.82. The summed E-state index contributed by atoms with van der Waals surface area (Å²) in [6, 6.07) is 9.85. The first kappa shape index (κ1) is 13.9. The monoisotopic (exact) mass is 282 g/mol. The number of amidine groups is 1. The van der Waals surface area contributed by atoms with E-state index in [1.165, 1.54) is 0 Å². The summed E-state index contributed by atoms with van der Waals surface area (Å²) in [5.41, 5.74) is 7.86. The number of aromatic nitrogens is 1. The number of nitrogens with two attached hydrogens (primary N) is 1. The minimum Gasteiger partial charge on any atom is -0.384 e. The molecule has 2 aromatic rings. The van der Waals surface area contributed by atoms with Crippen LogP contribution in [0.3, 0.4) is 0 Å². The smallest absolute Gasteiger partial charge is 0.129 e. The summed E-state index contributed by atoms with van der Waals surface area (Å²) in [5, 5.41) is 8.77. The quantitative estimate of drug-likeness (QED) is 0.657. The summed E-state index contributed by atoms with van der Waals surface area (Å²) in [4.78, 5) is 7.07. The molecule has 1 saturated heterocycles. The van der Waals surface area contributed by atoms with Crippen molar-refractivity contribution in [1.82, 2.24) is 4.98 Å². The zero-order valence-corrected chi connectivity index (χ0v) is 12.7. The first-order valence-electron chi connectivity index (χ1n) is 7.45. The summed E-state index contributed by atoms with van der Waals surface area (Å²) in [5.74, 6) is 1.04. The Kier molecular flexibility index (Phi) is 3.32. The van der Waals surface area contributed by atoms with Crippen LogP contribution in [-0.2, 0) is 0 Å². The van der Waals surface area contributed by atoms with Crippen LogP contribution in [0.4, 0.5) is 5.82 Å². The number of nitrogen functional groups attached to an aromatic ring is 1. The zero-order valence-electron chi connectivity index (χ0n) is 12.7. The third kappa shape index (κ3) is 2.71. The van der Waals surface area contributed by atoms with Crippen LogP contribution in [0.2, 0.25) is 0 Å². The van der Waals surface area contributed by atoms with E-state index in [2.05, 4.69) is 18.7 Å². The number of fused-ring (bicyclic) bond motifs is 1. The molecule has 0 amide bonds. The molecule has 1 fully saturated rings. The molecule has 0 spiro atoms. The van der Waals surface area contributed by atoms with Crippen LogP contribution in [0.25, 0.3) is 10.9 Å². The van der Waals surface area contributed by atoms with Crippen molar-refractivity contribution in [1.29, 1.82) is 5.41 Å². The van der Waals surface area contributed by atoms with Gasteiger partial charge in [0.25, 0.3) is 0 Å². The minimum absolute atomic E-state index is 0.104. The van der Waals surface area contributed by atoms with E-state index in [0.29, 0.717) is 5.41 Å². The normalized spacial score (nSPS) is 17.9. The Bertz CT molecular complexity index is 680. The molecule has 1 aromatic heterocycles. The maximum atomic E-state index is 7.82. The molecule has 4 nitrogen and oxygen atoms in total. The van der Waals surface area contributed by atoms with Gasteiger partial charge in [0.15, 0.2) is 0 Å². The zero-order chi connectivity index (χ0) is 15.0. The van der Waals surface area contributed by atoms with Crippen molar-refractivity contribution in [3.05, 3.63) is 35.9 Å². The van der Waals surface area contributed by atoms with Crippen molar-refractivity contribution in [3.63, 3.8) is 0 Å². The highest BCUT2D eigenvalue weighted by atomic mass is 15.2. The molecule has 1 aliphatic heterocycles. The van der Waals surface area contributed by atoms with Gasteiger partial charge in [-0.1, -0.05) is 32.0 Å². The lowest BCUT2D eigenvalue weighted by Crippen LogP contribution is -2.37. The summed E-state index contributed by atoms with van der Waals surface area (Å²) in [6.45, 7) is 6.66. The number of piperidine rings is 1. The van der Waals surface area contributed by atoms with Gasteiger partial charge in [0.2, 0.25) is 0 Å². The fourth-order valence-electron chi connectivity index (χ4n) is 2.89. The third-order valence-electron chi connectivity index (χ3n) is 4.43. The molecule has 0 bridgehead atoms. The highest BCUT2D eigenvalue weighted by Crippen LogP contribution is 2.32. The molecule has 110 valence electrons. The number of nitrogens with one attached hydrogen (secondary N) is 1. The van der Waals surface area contributed by atoms with Crippen molar-refractivity contribution in [2.45, 2.75) is 26.7 Å². The average Bonchev–Trinajstić information content (AvgIpc) is 2.46. The van der Waals surface area contributed by atoms with Gasteiger partial charge in [-0.3, -0.25) is 5.41 Å². The molecule has 0 saturated carbocycles. The van der Waals surface area contributed by atoms with Crippen LogP contribution in [-0.4, -0.2) is 23.9 Å². The van der Waals surface area contributed by atoms with Crippen LogP contribution in [0.1, 0.15) is 32.3 Å². The van der Waals surface area contributed by atoms with Crippen LogP contribution in [0.15, 0.2) is 30.3 Å². The molecule has 1 aromatic carbocycles. The van der Waals surface area contributed by atoms with Crippen LogP contribution in [0, 0.1) is 10.8 Å². The molecule has 1 aliphatic rings. The Balaban J connectivity index is 2.02. The standard InChI is InChI=1S/C17H22N4/c1-17(2)7-9-21(10-8-17)15-11-13(16(18)19)12-5-3-4-6-14(12)20-15/h3-6,11H,7-10H2,1-2H3,(H3,18,19). The Morgan fingerprint density at radius 1 is 1.24 bits per heavy atom. The number of anilines is 1. The predicted molar refractivity (Wildman–Crippen MR) is 88.0 cm³/mol. The lowest BCUT2D eigenvalue weighted by molar-refractivity contribution is 0.279. The first-order valence-corrected chi connectivity index (χ1v) is 7.45. The number of pyridine rings is 1. The molecular weight excluding hydrogens is 260 g/mol. The number of benzene rings is 1. The SMILES string of the molecule is CC1(C)CCN(c2cc(C(=N)N)c3ccccc3n2)CC1. The Labute approximate surface area is 125 Å².